The molecule has 0 atom stereocenters. The summed E-state index contributed by atoms with van der Waals surface area (Å²) in [6.07, 6.45) is 1.32. The van der Waals surface area contributed by atoms with E-state index < -0.39 is 0 Å². The Morgan fingerprint density at radius 1 is 1.33 bits per heavy atom. The Hall–Kier alpha value is -1.39. The van der Waals surface area contributed by atoms with Crippen molar-refractivity contribution >= 4 is 11.6 Å². The van der Waals surface area contributed by atoms with Crippen LogP contribution in [0.1, 0.15) is 12.0 Å². The highest BCUT2D eigenvalue weighted by molar-refractivity contribution is 5.92. The van der Waals surface area contributed by atoms with E-state index in [2.05, 4.69) is 0 Å². The van der Waals surface area contributed by atoms with Gasteiger partial charge in [-0.25, -0.2) is 0 Å². The summed E-state index contributed by atoms with van der Waals surface area (Å²) in [5.74, 6) is 0.0153. The fourth-order valence-electron chi connectivity index (χ4n) is 1.58. The number of hydrogen-bond acceptors (Lipinski definition) is 3. The summed E-state index contributed by atoms with van der Waals surface area (Å²) in [6, 6.07) is 7.71. The Morgan fingerprint density at radius 2 is 2.07 bits per heavy atom. The van der Waals surface area contributed by atoms with E-state index in [0.717, 1.165) is 12.1 Å². The highest BCUT2D eigenvalue weighted by atomic mass is 16.7. The zero-order chi connectivity index (χ0) is 10.7. The number of carbonyl (C=O) groups is 1. The second kappa shape index (κ2) is 4.42. The number of benzene rings is 1. The Labute approximate surface area is 88.6 Å². The van der Waals surface area contributed by atoms with Crippen molar-refractivity contribution in [1.82, 2.24) is 0 Å². The van der Waals surface area contributed by atoms with Crippen LogP contribution in [-0.4, -0.2) is 19.1 Å². The van der Waals surface area contributed by atoms with E-state index in [4.69, 9.17) is 10.6 Å². The first-order chi connectivity index (χ1) is 7.31. The standard InChI is InChI=1S/C11H14N2O2/c12-7-5-9-1-3-10(4-2-9)13-11(14)6-8-15-13/h1-4H,5-8,12H2. The molecule has 4 nitrogen and oxygen atoms in total. The summed E-state index contributed by atoms with van der Waals surface area (Å²) in [5, 5.41) is 1.35. The zero-order valence-electron chi connectivity index (χ0n) is 8.48. The van der Waals surface area contributed by atoms with Gasteiger partial charge in [-0.2, -0.15) is 5.06 Å². The van der Waals surface area contributed by atoms with E-state index in [-0.39, 0.29) is 5.91 Å². The van der Waals surface area contributed by atoms with E-state index in [0.29, 0.717) is 19.6 Å². The second-order valence-electron chi connectivity index (χ2n) is 3.48. The lowest BCUT2D eigenvalue weighted by molar-refractivity contribution is -0.119. The fourth-order valence-corrected chi connectivity index (χ4v) is 1.58. The van der Waals surface area contributed by atoms with Gasteiger partial charge in [-0.3, -0.25) is 9.63 Å². The minimum Gasteiger partial charge on any atom is -0.330 e. The molecule has 80 valence electrons. The zero-order valence-corrected chi connectivity index (χ0v) is 8.48. The van der Waals surface area contributed by atoms with Gasteiger partial charge in [0.2, 0.25) is 0 Å². The van der Waals surface area contributed by atoms with Gasteiger partial charge in [-0.05, 0) is 30.7 Å². The van der Waals surface area contributed by atoms with Crippen LogP contribution in [0.2, 0.25) is 0 Å². The van der Waals surface area contributed by atoms with Crippen molar-refractivity contribution in [2.75, 3.05) is 18.2 Å². The molecule has 0 unspecified atom stereocenters. The Bertz CT molecular complexity index is 348. The molecule has 2 N–H and O–H groups in total. The van der Waals surface area contributed by atoms with Gasteiger partial charge in [0.05, 0.1) is 18.7 Å². The summed E-state index contributed by atoms with van der Waals surface area (Å²) < 4.78 is 0. The van der Waals surface area contributed by atoms with Crippen LogP contribution in [0.4, 0.5) is 5.69 Å². The topological polar surface area (TPSA) is 55.6 Å². The Morgan fingerprint density at radius 3 is 2.60 bits per heavy atom. The van der Waals surface area contributed by atoms with Crippen LogP contribution in [0, 0.1) is 0 Å². The molecule has 1 aliphatic rings. The number of rotatable bonds is 3. The molecule has 1 fully saturated rings. The minimum atomic E-state index is 0.0153. The molecule has 1 aromatic carbocycles. The number of hydroxylamine groups is 1. The van der Waals surface area contributed by atoms with E-state index >= 15 is 0 Å². The van der Waals surface area contributed by atoms with Crippen LogP contribution in [-0.2, 0) is 16.1 Å². The van der Waals surface area contributed by atoms with Gasteiger partial charge in [-0.15, -0.1) is 0 Å². The van der Waals surface area contributed by atoms with Crippen LogP contribution in [0.15, 0.2) is 24.3 Å². The molecule has 1 heterocycles. The van der Waals surface area contributed by atoms with Crippen LogP contribution in [0.5, 0.6) is 0 Å². The number of hydrogen-bond donors (Lipinski definition) is 1. The van der Waals surface area contributed by atoms with Crippen LogP contribution in [0.3, 0.4) is 0 Å². The average molecular weight is 206 g/mol. The quantitative estimate of drug-likeness (QED) is 0.797. The molecule has 1 aromatic rings. The number of amides is 1. The predicted molar refractivity (Wildman–Crippen MR) is 57.3 cm³/mol. The number of anilines is 1. The highest BCUT2D eigenvalue weighted by Gasteiger charge is 2.22. The third kappa shape index (κ3) is 2.16. The third-order valence-electron chi connectivity index (χ3n) is 2.37. The van der Waals surface area contributed by atoms with Crippen LogP contribution in [0.25, 0.3) is 0 Å². The molecule has 15 heavy (non-hydrogen) atoms. The van der Waals surface area contributed by atoms with Gasteiger partial charge in [0, 0.05) is 0 Å². The van der Waals surface area contributed by atoms with Crippen molar-refractivity contribution < 1.29 is 9.63 Å². The van der Waals surface area contributed by atoms with Gasteiger partial charge < -0.3 is 5.73 Å². The second-order valence-corrected chi connectivity index (χ2v) is 3.48. The molecular formula is C11H14N2O2. The highest BCUT2D eigenvalue weighted by Crippen LogP contribution is 2.20. The van der Waals surface area contributed by atoms with Crippen molar-refractivity contribution in [1.29, 1.82) is 0 Å². The summed E-state index contributed by atoms with van der Waals surface area (Å²) >= 11 is 0. The van der Waals surface area contributed by atoms with Crippen molar-refractivity contribution in [3.8, 4) is 0 Å². The van der Waals surface area contributed by atoms with Gasteiger partial charge >= 0.3 is 0 Å². The Balaban J connectivity index is 2.12. The molecule has 1 amide bonds. The molecule has 1 aliphatic heterocycles. The van der Waals surface area contributed by atoms with Gasteiger partial charge in [0.25, 0.3) is 5.91 Å². The average Bonchev–Trinajstić information content (AvgIpc) is 2.66. The summed E-state index contributed by atoms with van der Waals surface area (Å²) in [5.41, 5.74) is 7.42. The molecule has 0 aromatic heterocycles. The molecule has 2 rings (SSSR count). The minimum absolute atomic E-state index is 0.0153. The Kier molecular flexibility index (Phi) is 2.99. The van der Waals surface area contributed by atoms with E-state index in [9.17, 15) is 4.79 Å². The van der Waals surface area contributed by atoms with Crippen molar-refractivity contribution in [2.24, 2.45) is 5.73 Å². The lowest BCUT2D eigenvalue weighted by Crippen LogP contribution is -2.22. The first-order valence-corrected chi connectivity index (χ1v) is 5.06. The number of nitrogens with two attached hydrogens (primary N) is 1. The lowest BCUT2D eigenvalue weighted by atomic mass is 10.1. The van der Waals surface area contributed by atoms with Gasteiger partial charge in [0.1, 0.15) is 0 Å². The molecule has 0 spiro atoms. The maximum atomic E-state index is 11.4. The number of carbonyl (C=O) groups excluding carboxylic acids is 1. The lowest BCUT2D eigenvalue weighted by Gasteiger charge is -2.14. The molecular weight excluding hydrogens is 192 g/mol. The van der Waals surface area contributed by atoms with Gasteiger partial charge in [-0.1, -0.05) is 12.1 Å². The van der Waals surface area contributed by atoms with Crippen molar-refractivity contribution in [3.05, 3.63) is 29.8 Å². The van der Waals surface area contributed by atoms with Crippen LogP contribution < -0.4 is 10.8 Å². The normalized spacial score (nSPS) is 16.1. The third-order valence-corrected chi connectivity index (χ3v) is 2.37. The molecule has 4 heteroatoms. The maximum absolute atomic E-state index is 11.4. The van der Waals surface area contributed by atoms with E-state index in [1.165, 1.54) is 10.6 Å². The van der Waals surface area contributed by atoms with Gasteiger partial charge in [0.15, 0.2) is 0 Å². The number of nitrogens with zero attached hydrogens (tertiary/aromatic N) is 1. The van der Waals surface area contributed by atoms with Crippen molar-refractivity contribution in [2.45, 2.75) is 12.8 Å². The molecule has 1 saturated heterocycles. The SMILES string of the molecule is NCCc1ccc(N2OCCC2=O)cc1. The molecule has 0 aliphatic carbocycles. The van der Waals surface area contributed by atoms with Crippen molar-refractivity contribution in [3.63, 3.8) is 0 Å². The van der Waals surface area contributed by atoms with E-state index in [1.807, 2.05) is 24.3 Å². The maximum Gasteiger partial charge on any atom is 0.253 e. The molecule has 0 radical (unpaired) electrons. The summed E-state index contributed by atoms with van der Waals surface area (Å²) in [4.78, 5) is 16.6. The summed E-state index contributed by atoms with van der Waals surface area (Å²) in [7, 11) is 0. The largest absolute Gasteiger partial charge is 0.330 e. The van der Waals surface area contributed by atoms with Crippen LogP contribution >= 0.6 is 0 Å². The first kappa shape index (κ1) is 10.1. The fraction of sp³-hybridized carbons (Fsp3) is 0.364. The summed E-state index contributed by atoms with van der Waals surface area (Å²) in [6.45, 7) is 1.11. The smallest absolute Gasteiger partial charge is 0.253 e. The predicted octanol–water partition coefficient (Wildman–Crippen LogP) is 0.856. The first-order valence-electron chi connectivity index (χ1n) is 5.06. The molecule has 0 bridgehead atoms. The molecule has 0 saturated carbocycles. The van der Waals surface area contributed by atoms with E-state index in [1.54, 1.807) is 0 Å². The monoisotopic (exact) mass is 206 g/mol.